The molecule has 0 heterocycles. The number of rotatable bonds is 4. The van der Waals surface area contributed by atoms with E-state index in [9.17, 15) is 4.39 Å². The van der Waals surface area contributed by atoms with Gasteiger partial charge >= 0.3 is 0 Å². The highest BCUT2D eigenvalue weighted by molar-refractivity contribution is 9.10. The smallest absolute Gasteiger partial charge is 0.124 e. The first-order valence-electron chi connectivity index (χ1n) is 6.04. The van der Waals surface area contributed by atoms with Gasteiger partial charge in [0.1, 0.15) is 11.6 Å². The van der Waals surface area contributed by atoms with Gasteiger partial charge in [-0.15, -0.1) is 0 Å². The normalized spacial score (nSPS) is 12.2. The number of benzene rings is 2. The molecular formula is C15H14BrClFNO. The third-order valence-electron chi connectivity index (χ3n) is 3.04. The van der Waals surface area contributed by atoms with Gasteiger partial charge in [0.2, 0.25) is 0 Å². The summed E-state index contributed by atoms with van der Waals surface area (Å²) in [5, 5.41) is 0.512. The summed E-state index contributed by atoms with van der Waals surface area (Å²) in [5.41, 5.74) is 7.74. The molecule has 106 valence electrons. The minimum Gasteiger partial charge on any atom is -0.496 e. The molecule has 0 spiro atoms. The molecule has 5 heteroatoms. The van der Waals surface area contributed by atoms with E-state index >= 15 is 0 Å². The van der Waals surface area contributed by atoms with Crippen LogP contribution in [0.25, 0.3) is 0 Å². The predicted octanol–water partition coefficient (Wildman–Crippen LogP) is 4.49. The fourth-order valence-electron chi connectivity index (χ4n) is 2.04. The monoisotopic (exact) mass is 357 g/mol. The van der Waals surface area contributed by atoms with Crippen LogP contribution in [0.1, 0.15) is 17.2 Å². The lowest BCUT2D eigenvalue weighted by Gasteiger charge is -2.17. The summed E-state index contributed by atoms with van der Waals surface area (Å²) < 4.78 is 19.5. The highest BCUT2D eigenvalue weighted by atomic mass is 79.9. The molecule has 1 unspecified atom stereocenters. The zero-order valence-corrected chi connectivity index (χ0v) is 13.2. The summed E-state index contributed by atoms with van der Waals surface area (Å²) in [6.07, 6.45) is 0.439. The summed E-state index contributed by atoms with van der Waals surface area (Å²) in [6.45, 7) is 0. The number of halogens is 3. The molecule has 0 saturated heterocycles. The molecule has 0 aromatic heterocycles. The van der Waals surface area contributed by atoms with E-state index < -0.39 is 0 Å². The predicted molar refractivity (Wildman–Crippen MR) is 82.7 cm³/mol. The largest absolute Gasteiger partial charge is 0.496 e. The summed E-state index contributed by atoms with van der Waals surface area (Å²) in [6, 6.07) is 9.59. The van der Waals surface area contributed by atoms with Crippen molar-refractivity contribution in [1.29, 1.82) is 0 Å². The van der Waals surface area contributed by atoms with E-state index in [-0.39, 0.29) is 11.9 Å². The Balaban J connectivity index is 2.28. The molecule has 2 aromatic carbocycles. The lowest BCUT2D eigenvalue weighted by atomic mass is 9.99. The molecule has 2 nitrogen and oxygen atoms in total. The first-order valence-corrected chi connectivity index (χ1v) is 7.21. The van der Waals surface area contributed by atoms with Crippen molar-refractivity contribution in [3.8, 4) is 5.75 Å². The van der Waals surface area contributed by atoms with Gasteiger partial charge in [0.25, 0.3) is 0 Å². The van der Waals surface area contributed by atoms with Crippen LogP contribution in [-0.4, -0.2) is 7.11 Å². The van der Waals surface area contributed by atoms with Crippen LogP contribution in [0, 0.1) is 5.82 Å². The SMILES string of the molecule is COc1cc(Br)ccc1C(N)Cc1cc(F)ccc1Cl. The van der Waals surface area contributed by atoms with Gasteiger partial charge in [-0.05, 0) is 42.3 Å². The van der Waals surface area contributed by atoms with E-state index in [1.807, 2.05) is 18.2 Å². The van der Waals surface area contributed by atoms with Gasteiger partial charge in [0.15, 0.2) is 0 Å². The highest BCUT2D eigenvalue weighted by Gasteiger charge is 2.15. The van der Waals surface area contributed by atoms with Crippen LogP contribution < -0.4 is 10.5 Å². The molecule has 2 rings (SSSR count). The van der Waals surface area contributed by atoms with Crippen molar-refractivity contribution in [2.45, 2.75) is 12.5 Å². The molecule has 0 aliphatic carbocycles. The Kier molecular flexibility index (Phi) is 5.02. The molecule has 0 aliphatic heterocycles. The Labute approximate surface area is 130 Å². The van der Waals surface area contributed by atoms with Crippen LogP contribution in [0.3, 0.4) is 0 Å². The minimum atomic E-state index is -0.322. The molecule has 0 radical (unpaired) electrons. The van der Waals surface area contributed by atoms with Crippen molar-refractivity contribution in [2.24, 2.45) is 5.73 Å². The molecule has 2 aromatic rings. The Bertz CT molecular complexity index is 621. The van der Waals surface area contributed by atoms with E-state index in [0.717, 1.165) is 10.0 Å². The summed E-state index contributed by atoms with van der Waals surface area (Å²) in [7, 11) is 1.59. The number of methoxy groups -OCH3 is 1. The minimum absolute atomic E-state index is 0.320. The van der Waals surface area contributed by atoms with Crippen molar-refractivity contribution >= 4 is 27.5 Å². The first kappa shape index (κ1) is 15.3. The Morgan fingerprint density at radius 1 is 1.30 bits per heavy atom. The van der Waals surface area contributed by atoms with Gasteiger partial charge in [-0.1, -0.05) is 33.6 Å². The number of hydrogen-bond acceptors (Lipinski definition) is 2. The van der Waals surface area contributed by atoms with E-state index in [1.165, 1.54) is 18.2 Å². The number of nitrogens with two attached hydrogens (primary N) is 1. The van der Waals surface area contributed by atoms with Gasteiger partial charge in [-0.3, -0.25) is 0 Å². The van der Waals surface area contributed by atoms with Gasteiger partial charge in [-0.25, -0.2) is 4.39 Å². The quantitative estimate of drug-likeness (QED) is 0.874. The lowest BCUT2D eigenvalue weighted by molar-refractivity contribution is 0.405. The average molecular weight is 359 g/mol. The van der Waals surface area contributed by atoms with Crippen LogP contribution in [0.4, 0.5) is 4.39 Å². The molecule has 0 amide bonds. The molecule has 20 heavy (non-hydrogen) atoms. The van der Waals surface area contributed by atoms with Crippen LogP contribution >= 0.6 is 27.5 Å². The van der Waals surface area contributed by atoms with E-state index in [2.05, 4.69) is 15.9 Å². The van der Waals surface area contributed by atoms with Crippen LogP contribution in [0.15, 0.2) is 40.9 Å². The Morgan fingerprint density at radius 2 is 2.05 bits per heavy atom. The zero-order chi connectivity index (χ0) is 14.7. The van der Waals surface area contributed by atoms with Gasteiger partial charge < -0.3 is 10.5 Å². The highest BCUT2D eigenvalue weighted by Crippen LogP contribution is 2.30. The maximum absolute atomic E-state index is 13.3. The maximum Gasteiger partial charge on any atom is 0.124 e. The second-order valence-corrected chi connectivity index (χ2v) is 5.76. The molecule has 0 aliphatic rings. The van der Waals surface area contributed by atoms with Gasteiger partial charge in [0.05, 0.1) is 7.11 Å². The average Bonchev–Trinajstić information content (AvgIpc) is 2.42. The summed E-state index contributed by atoms with van der Waals surface area (Å²) in [5.74, 6) is 0.374. The molecule has 1 atom stereocenters. The standard InChI is InChI=1S/C15H14BrClFNO/c1-20-15-8-10(16)2-4-12(15)14(19)7-9-6-11(18)3-5-13(9)17/h2-6,8,14H,7,19H2,1H3. The molecule has 2 N–H and O–H groups in total. The van der Waals surface area contributed by atoms with Crippen molar-refractivity contribution in [3.63, 3.8) is 0 Å². The van der Waals surface area contributed by atoms with Gasteiger partial charge in [0, 0.05) is 21.1 Å². The van der Waals surface area contributed by atoms with Crippen molar-refractivity contribution in [3.05, 3.63) is 62.8 Å². The third-order valence-corrected chi connectivity index (χ3v) is 3.90. The Morgan fingerprint density at radius 3 is 2.75 bits per heavy atom. The van der Waals surface area contributed by atoms with E-state index in [4.69, 9.17) is 22.1 Å². The Hall–Kier alpha value is -1.10. The zero-order valence-electron chi connectivity index (χ0n) is 10.9. The molecule has 0 bridgehead atoms. The van der Waals surface area contributed by atoms with Gasteiger partial charge in [-0.2, -0.15) is 0 Å². The second kappa shape index (κ2) is 6.57. The maximum atomic E-state index is 13.3. The van der Waals surface area contributed by atoms with E-state index in [1.54, 1.807) is 7.11 Å². The molecular weight excluding hydrogens is 345 g/mol. The van der Waals surface area contributed by atoms with Crippen molar-refractivity contribution in [2.75, 3.05) is 7.11 Å². The van der Waals surface area contributed by atoms with Crippen LogP contribution in [0.5, 0.6) is 5.75 Å². The molecule has 0 fully saturated rings. The fraction of sp³-hybridized carbons (Fsp3) is 0.200. The first-order chi connectivity index (χ1) is 9.51. The fourth-order valence-corrected chi connectivity index (χ4v) is 2.57. The van der Waals surface area contributed by atoms with Crippen LogP contribution in [-0.2, 0) is 6.42 Å². The van der Waals surface area contributed by atoms with E-state index in [0.29, 0.717) is 22.8 Å². The van der Waals surface area contributed by atoms with Crippen molar-refractivity contribution < 1.29 is 9.13 Å². The summed E-state index contributed by atoms with van der Waals surface area (Å²) >= 11 is 9.45. The van der Waals surface area contributed by atoms with Crippen LogP contribution in [0.2, 0.25) is 5.02 Å². The number of ether oxygens (including phenoxy) is 1. The second-order valence-electron chi connectivity index (χ2n) is 4.43. The number of hydrogen-bond donors (Lipinski definition) is 1. The topological polar surface area (TPSA) is 35.2 Å². The third kappa shape index (κ3) is 3.51. The molecule has 0 saturated carbocycles. The lowest BCUT2D eigenvalue weighted by Crippen LogP contribution is -2.15. The summed E-state index contributed by atoms with van der Waals surface area (Å²) in [4.78, 5) is 0. The van der Waals surface area contributed by atoms with Crippen molar-refractivity contribution in [1.82, 2.24) is 0 Å².